The highest BCUT2D eigenvalue weighted by atomic mass is 35.5. The minimum Gasteiger partial charge on any atom is -0.312 e. The van der Waals surface area contributed by atoms with Crippen molar-refractivity contribution in [2.75, 3.05) is 11.4 Å². The van der Waals surface area contributed by atoms with Crippen LogP contribution in [0.1, 0.15) is 6.42 Å². The molecule has 1 aliphatic rings. The molecule has 0 fully saturated rings. The van der Waals surface area contributed by atoms with Crippen molar-refractivity contribution in [3.05, 3.63) is 50.1 Å². The van der Waals surface area contributed by atoms with Crippen LogP contribution in [0.25, 0.3) is 11.2 Å². The number of nitrogens with zero attached hydrogens (tertiary/aromatic N) is 5. The second-order valence-electron chi connectivity index (χ2n) is 6.52. The first kappa shape index (κ1) is 18.3. The Kier molecular flexibility index (Phi) is 4.44. The van der Waals surface area contributed by atoms with Gasteiger partial charge in [0.05, 0.1) is 0 Å². The van der Waals surface area contributed by atoms with E-state index in [1.54, 1.807) is 10.6 Å². The van der Waals surface area contributed by atoms with Crippen molar-refractivity contribution in [2.24, 2.45) is 12.9 Å². The van der Waals surface area contributed by atoms with Crippen LogP contribution in [0, 0.1) is 0 Å². The normalized spacial score (nSPS) is 13.6. The van der Waals surface area contributed by atoms with Gasteiger partial charge < -0.3 is 9.47 Å². The zero-order valence-electron chi connectivity index (χ0n) is 15.1. The predicted octanol–water partition coefficient (Wildman–Crippen LogP) is 0.0818. The Morgan fingerprint density at radius 2 is 2.11 bits per heavy atom. The summed E-state index contributed by atoms with van der Waals surface area (Å²) in [5, 5.41) is 0.591. The van der Waals surface area contributed by atoms with Gasteiger partial charge in [-0.1, -0.05) is 17.7 Å². The molecule has 0 unspecified atom stereocenters. The molecule has 3 heterocycles. The van der Waals surface area contributed by atoms with E-state index in [1.807, 2.05) is 28.5 Å². The third-order valence-corrected chi connectivity index (χ3v) is 5.03. The highest BCUT2D eigenvalue weighted by molar-refractivity contribution is 6.30. The van der Waals surface area contributed by atoms with Crippen LogP contribution in [0.5, 0.6) is 0 Å². The molecule has 0 saturated heterocycles. The third-order valence-electron chi connectivity index (χ3n) is 4.80. The number of aromatic nitrogens is 4. The number of hydrogen-bond acceptors (Lipinski definition) is 6. The van der Waals surface area contributed by atoms with Gasteiger partial charge in [-0.3, -0.25) is 19.6 Å². The topological polar surface area (TPSA) is 120 Å². The number of imidazole rings is 1. The summed E-state index contributed by atoms with van der Waals surface area (Å²) in [7, 11) is 1.52. The zero-order valence-corrected chi connectivity index (χ0v) is 15.8. The number of fused-ring (bicyclic) bond motifs is 3. The second-order valence-corrected chi connectivity index (χ2v) is 6.96. The molecule has 0 spiro atoms. The Balaban J connectivity index is 1.96. The van der Waals surface area contributed by atoms with Gasteiger partial charge in [-0.05, 0) is 24.6 Å². The lowest BCUT2D eigenvalue weighted by molar-refractivity contribution is -0.121. The highest BCUT2D eigenvalue weighted by Crippen LogP contribution is 2.31. The Labute approximate surface area is 163 Å². The first-order valence-electron chi connectivity index (χ1n) is 8.65. The van der Waals surface area contributed by atoms with Gasteiger partial charge in [-0.25, -0.2) is 15.2 Å². The van der Waals surface area contributed by atoms with Gasteiger partial charge in [-0.2, -0.15) is 4.98 Å². The number of carbonyl (C=O) groups is 1. The lowest BCUT2D eigenvalue weighted by Crippen LogP contribution is -2.45. The second kappa shape index (κ2) is 6.80. The molecular weight excluding hydrogens is 386 g/mol. The van der Waals surface area contributed by atoms with Crippen LogP contribution in [-0.4, -0.2) is 31.1 Å². The number of hydrazine groups is 1. The molecule has 0 atom stereocenters. The van der Waals surface area contributed by atoms with Gasteiger partial charge in [-0.15, -0.1) is 0 Å². The van der Waals surface area contributed by atoms with E-state index in [0.29, 0.717) is 24.1 Å². The van der Waals surface area contributed by atoms with Crippen molar-refractivity contribution in [3.63, 3.8) is 0 Å². The van der Waals surface area contributed by atoms with Crippen LogP contribution < -0.4 is 27.4 Å². The summed E-state index contributed by atoms with van der Waals surface area (Å²) in [5.74, 6) is 5.01. The van der Waals surface area contributed by atoms with E-state index >= 15 is 0 Å². The molecule has 0 bridgehead atoms. The highest BCUT2D eigenvalue weighted by Gasteiger charge is 2.27. The lowest BCUT2D eigenvalue weighted by atomic mass is 10.2. The van der Waals surface area contributed by atoms with Crippen molar-refractivity contribution in [1.82, 2.24) is 24.1 Å². The molecule has 1 aromatic carbocycles. The minimum absolute atomic E-state index is 0.267. The SMILES string of the molecule is Cn1c(=O)n(CC(=O)NN)c(=O)c2c1nc1n2CCCN1c1cccc(Cl)c1. The Morgan fingerprint density at radius 3 is 2.82 bits per heavy atom. The fraction of sp³-hybridized carbons (Fsp3) is 0.294. The Morgan fingerprint density at radius 1 is 1.32 bits per heavy atom. The fourth-order valence-electron chi connectivity index (χ4n) is 3.48. The summed E-state index contributed by atoms with van der Waals surface area (Å²) < 4.78 is 3.90. The number of anilines is 2. The molecule has 10 nitrogen and oxygen atoms in total. The zero-order chi connectivity index (χ0) is 20.0. The van der Waals surface area contributed by atoms with Crippen LogP contribution in [0.15, 0.2) is 33.9 Å². The molecule has 2 aromatic heterocycles. The van der Waals surface area contributed by atoms with Crippen LogP contribution >= 0.6 is 11.6 Å². The van der Waals surface area contributed by atoms with Gasteiger partial charge >= 0.3 is 5.69 Å². The van der Waals surface area contributed by atoms with E-state index in [4.69, 9.17) is 17.4 Å². The van der Waals surface area contributed by atoms with E-state index in [1.165, 1.54) is 11.6 Å². The van der Waals surface area contributed by atoms with Crippen molar-refractivity contribution >= 4 is 40.3 Å². The number of carbonyl (C=O) groups excluding carboxylic acids is 1. The van der Waals surface area contributed by atoms with Gasteiger partial charge in [0.15, 0.2) is 11.2 Å². The van der Waals surface area contributed by atoms with E-state index in [0.717, 1.165) is 16.7 Å². The summed E-state index contributed by atoms with van der Waals surface area (Å²) >= 11 is 6.12. The van der Waals surface area contributed by atoms with E-state index in [-0.39, 0.29) is 11.2 Å². The summed E-state index contributed by atoms with van der Waals surface area (Å²) in [6, 6.07) is 7.35. The smallest absolute Gasteiger partial charge is 0.312 e. The number of halogens is 1. The largest absolute Gasteiger partial charge is 0.332 e. The first-order valence-corrected chi connectivity index (χ1v) is 9.02. The number of hydrogen-bond donors (Lipinski definition) is 2. The maximum atomic E-state index is 13.0. The van der Waals surface area contributed by atoms with Crippen LogP contribution in [0.2, 0.25) is 5.02 Å². The molecule has 3 aromatic rings. The average molecular weight is 404 g/mol. The molecule has 28 heavy (non-hydrogen) atoms. The standard InChI is InChI=1S/C17H18ClN7O3/c1-22-14-13(15(27)25(17(22)28)9-12(26)21-19)24-7-3-6-23(16(24)20-14)11-5-2-4-10(18)8-11/h2,4-5,8H,3,6-7,9,19H2,1H3,(H,21,26). The Hall–Kier alpha value is -3.11. The summed E-state index contributed by atoms with van der Waals surface area (Å²) in [4.78, 5) is 43.8. The molecule has 0 saturated carbocycles. The molecule has 11 heteroatoms. The molecule has 1 aliphatic heterocycles. The van der Waals surface area contributed by atoms with Crippen molar-refractivity contribution in [2.45, 2.75) is 19.5 Å². The molecule has 3 N–H and O–H groups in total. The van der Waals surface area contributed by atoms with E-state index in [9.17, 15) is 14.4 Å². The molecular formula is C17H18ClN7O3. The number of nitrogens with one attached hydrogen (secondary N) is 1. The summed E-state index contributed by atoms with van der Waals surface area (Å²) in [6.45, 7) is 0.803. The van der Waals surface area contributed by atoms with Crippen LogP contribution in [0.3, 0.4) is 0 Å². The predicted molar refractivity (Wildman–Crippen MR) is 105 cm³/mol. The lowest BCUT2D eigenvalue weighted by Gasteiger charge is -2.29. The minimum atomic E-state index is -0.641. The fourth-order valence-corrected chi connectivity index (χ4v) is 3.67. The van der Waals surface area contributed by atoms with Gasteiger partial charge in [0.1, 0.15) is 6.54 Å². The van der Waals surface area contributed by atoms with Crippen LogP contribution in [-0.2, 0) is 24.9 Å². The quantitative estimate of drug-likeness (QED) is 0.363. The number of amides is 1. The third kappa shape index (κ3) is 2.77. The monoisotopic (exact) mass is 403 g/mol. The summed E-state index contributed by atoms with van der Waals surface area (Å²) in [5.41, 5.74) is 2.11. The van der Waals surface area contributed by atoms with Gasteiger partial charge in [0.2, 0.25) is 5.95 Å². The molecule has 146 valence electrons. The maximum Gasteiger partial charge on any atom is 0.332 e. The van der Waals surface area contributed by atoms with Crippen LogP contribution in [0.4, 0.5) is 11.6 Å². The van der Waals surface area contributed by atoms with E-state index < -0.39 is 23.7 Å². The van der Waals surface area contributed by atoms with Crippen molar-refractivity contribution in [3.8, 4) is 0 Å². The van der Waals surface area contributed by atoms with E-state index in [2.05, 4.69) is 4.98 Å². The first-order chi connectivity index (χ1) is 13.4. The van der Waals surface area contributed by atoms with Crippen molar-refractivity contribution in [1.29, 1.82) is 0 Å². The maximum absolute atomic E-state index is 13.0. The Bertz CT molecular complexity index is 1210. The number of rotatable bonds is 3. The van der Waals surface area contributed by atoms with Gasteiger partial charge in [0, 0.05) is 30.8 Å². The number of aryl methyl sites for hydroxylation is 2. The van der Waals surface area contributed by atoms with Gasteiger partial charge in [0.25, 0.3) is 11.5 Å². The molecule has 1 amide bonds. The van der Waals surface area contributed by atoms with Crippen molar-refractivity contribution < 1.29 is 4.79 Å². The average Bonchev–Trinajstić information content (AvgIpc) is 3.09. The molecule has 4 rings (SSSR count). The molecule has 0 aliphatic carbocycles. The molecule has 0 radical (unpaired) electrons. The number of benzene rings is 1. The summed E-state index contributed by atoms with van der Waals surface area (Å²) in [6.07, 6.45) is 0.774. The number of nitrogens with two attached hydrogens (primary N) is 1.